The van der Waals surface area contributed by atoms with Gasteiger partial charge in [-0.15, -0.1) is 0 Å². The van der Waals surface area contributed by atoms with Crippen molar-refractivity contribution in [2.24, 2.45) is 0 Å². The zero-order chi connectivity index (χ0) is 58.2. The first-order valence-electron chi connectivity index (χ1n) is 29.5. The molecule has 0 atom stereocenters. The second-order valence-electron chi connectivity index (χ2n) is 23.3. The number of hydrogen-bond acceptors (Lipinski definition) is 0. The molecule has 0 amide bonds. The standard InChI is InChI=1S/C22H24.2C16H16.2C7H8.2C3H8.2C2H6/c1-13-7-9-15-17(11-13)21(3,4)20-16-10-8-14(2)12-18(16)22(5,6)19(15)20;2*1-11-8-9-13-12-6-4-5-7-14(12)16(2,3)15(13)10-11;2*1-7-5-3-2-4-6-7;2*1-3-2;2*1-2/h7-12H,1-6H3;2*4-10H,1-3H3;2*2-6H,1H3;2*3H2,1-2H3;2*1-2H3. The fourth-order valence-electron chi connectivity index (χ4n) is 11.3. The van der Waals surface area contributed by atoms with Crippen molar-refractivity contribution in [1.29, 1.82) is 0 Å². The first kappa shape index (κ1) is 64.0. The molecule has 4 aliphatic rings. The molecular formula is C78H100. The van der Waals surface area contributed by atoms with Gasteiger partial charge >= 0.3 is 0 Å². The highest BCUT2D eigenvalue weighted by atomic mass is 14.5. The van der Waals surface area contributed by atoms with Gasteiger partial charge in [0.15, 0.2) is 0 Å². The van der Waals surface area contributed by atoms with Crippen molar-refractivity contribution in [3.8, 4) is 22.3 Å². The zero-order valence-electron chi connectivity index (χ0n) is 52.7. The molecule has 0 nitrogen and oxygen atoms in total. The fourth-order valence-corrected chi connectivity index (χ4v) is 11.3. The lowest BCUT2D eigenvalue weighted by molar-refractivity contribution is 0.659. The van der Waals surface area contributed by atoms with E-state index in [0.717, 1.165) is 0 Å². The summed E-state index contributed by atoms with van der Waals surface area (Å²) in [4.78, 5) is 0. The molecule has 0 heterocycles. The number of hydrogen-bond donors (Lipinski definition) is 0. The molecule has 0 spiro atoms. The van der Waals surface area contributed by atoms with Crippen LogP contribution in [0.1, 0.15) is 202 Å². The van der Waals surface area contributed by atoms with Crippen LogP contribution in [-0.4, -0.2) is 0 Å². The summed E-state index contributed by atoms with van der Waals surface area (Å²) in [7, 11) is 0. The number of fused-ring (bicyclic) bond motifs is 10. The predicted octanol–water partition coefficient (Wildman–Crippen LogP) is 23.3. The molecule has 8 aromatic carbocycles. The topological polar surface area (TPSA) is 0 Å². The molecule has 412 valence electrons. The molecule has 0 heteroatoms. The van der Waals surface area contributed by atoms with Gasteiger partial charge in [-0.25, -0.2) is 0 Å². The lowest BCUT2D eigenvalue weighted by Crippen LogP contribution is -2.19. The fraction of sp³-hybridized carbons (Fsp3) is 0.359. The minimum atomic E-state index is 0.0917. The van der Waals surface area contributed by atoms with Gasteiger partial charge in [-0.1, -0.05) is 339 Å². The molecule has 0 radical (unpaired) electrons. The Labute approximate surface area is 477 Å². The van der Waals surface area contributed by atoms with Gasteiger partial charge in [0.05, 0.1) is 0 Å². The molecule has 0 fully saturated rings. The summed E-state index contributed by atoms with van der Waals surface area (Å²) in [5.74, 6) is 0. The Morgan fingerprint density at radius 2 is 0.449 bits per heavy atom. The van der Waals surface area contributed by atoms with Gasteiger partial charge in [0.25, 0.3) is 0 Å². The molecule has 0 aromatic heterocycles. The van der Waals surface area contributed by atoms with Gasteiger partial charge in [0.2, 0.25) is 0 Å². The monoisotopic (exact) mass is 1040 g/mol. The maximum atomic E-state index is 2.39. The van der Waals surface area contributed by atoms with Crippen LogP contribution in [0.15, 0.2) is 182 Å². The molecular weight excluding hydrogens is 937 g/mol. The van der Waals surface area contributed by atoms with Crippen molar-refractivity contribution in [3.63, 3.8) is 0 Å². The van der Waals surface area contributed by atoms with E-state index in [9.17, 15) is 0 Å². The largest absolute Gasteiger partial charge is 0.0683 e. The minimum absolute atomic E-state index is 0.0917. The van der Waals surface area contributed by atoms with Gasteiger partial charge in [-0.05, 0) is 119 Å². The normalized spacial score (nSPS) is 14.2. The van der Waals surface area contributed by atoms with Crippen molar-refractivity contribution in [3.05, 3.63) is 260 Å². The van der Waals surface area contributed by atoms with Crippen LogP contribution >= 0.6 is 0 Å². The Morgan fingerprint density at radius 3 is 0.705 bits per heavy atom. The smallest absolute Gasteiger partial charge is 0.0162 e. The van der Waals surface area contributed by atoms with Crippen LogP contribution in [0, 0.1) is 41.5 Å². The van der Waals surface area contributed by atoms with Crippen molar-refractivity contribution in [2.45, 2.75) is 187 Å². The average molecular weight is 1040 g/mol. The molecule has 0 bridgehead atoms. The Balaban J connectivity index is 0.000000211. The highest BCUT2D eigenvalue weighted by Gasteiger charge is 2.49. The number of allylic oxidation sites excluding steroid dienone is 2. The van der Waals surface area contributed by atoms with E-state index in [0.29, 0.717) is 0 Å². The first-order chi connectivity index (χ1) is 37.1. The minimum Gasteiger partial charge on any atom is -0.0683 e. The molecule has 8 aromatic rings. The summed E-state index contributed by atoms with van der Waals surface area (Å²) >= 11 is 0. The van der Waals surface area contributed by atoms with E-state index in [-0.39, 0.29) is 21.7 Å². The second kappa shape index (κ2) is 28.4. The van der Waals surface area contributed by atoms with E-state index in [2.05, 4.69) is 270 Å². The summed E-state index contributed by atoms with van der Waals surface area (Å²) < 4.78 is 0. The maximum Gasteiger partial charge on any atom is 0.0162 e. The second-order valence-corrected chi connectivity index (χ2v) is 23.3. The SMILES string of the molecule is CC.CC.CCC.CCC.Cc1ccc2c(c1)C(C)(C)C1=C2C(C)(C)c2cc(C)ccc21.Cc1ccc2c(c1)C(C)(C)c1ccccc1-2.Cc1ccc2c(c1)C(C)(C)c1ccccc1-2.Cc1ccccc1.Cc1ccccc1. The van der Waals surface area contributed by atoms with Crippen molar-refractivity contribution in [2.75, 3.05) is 0 Å². The Kier molecular flexibility index (Phi) is 23.3. The lowest BCUT2D eigenvalue weighted by Gasteiger charge is -2.28. The van der Waals surface area contributed by atoms with Crippen LogP contribution in [0.2, 0.25) is 0 Å². The summed E-state index contributed by atoms with van der Waals surface area (Å²) in [6.07, 6.45) is 2.50. The van der Waals surface area contributed by atoms with Gasteiger partial charge < -0.3 is 0 Å². The van der Waals surface area contributed by atoms with Crippen LogP contribution in [-0.2, 0) is 21.7 Å². The van der Waals surface area contributed by atoms with Crippen LogP contribution in [0.5, 0.6) is 0 Å². The molecule has 4 aliphatic carbocycles. The summed E-state index contributed by atoms with van der Waals surface area (Å²) in [5.41, 5.74) is 29.0. The average Bonchev–Trinajstić information content (AvgIpc) is 4.10. The third-order valence-corrected chi connectivity index (χ3v) is 15.1. The van der Waals surface area contributed by atoms with Gasteiger partial charge in [-0.2, -0.15) is 0 Å². The van der Waals surface area contributed by atoms with E-state index in [1.54, 1.807) is 11.1 Å². The zero-order valence-corrected chi connectivity index (χ0v) is 52.7. The van der Waals surface area contributed by atoms with Crippen molar-refractivity contribution >= 4 is 11.1 Å². The molecule has 0 saturated carbocycles. The molecule has 78 heavy (non-hydrogen) atoms. The summed E-state index contributed by atoms with van der Waals surface area (Å²) in [6, 6.07) is 65.6. The Morgan fingerprint density at radius 1 is 0.231 bits per heavy atom. The van der Waals surface area contributed by atoms with E-state index in [1.165, 1.54) is 113 Å². The quantitative estimate of drug-likeness (QED) is 0.142. The lowest BCUT2D eigenvalue weighted by atomic mass is 9.75. The number of rotatable bonds is 0. The number of benzene rings is 8. The summed E-state index contributed by atoms with van der Waals surface area (Å²) in [6.45, 7) is 48.2. The van der Waals surface area contributed by atoms with Crippen molar-refractivity contribution < 1.29 is 0 Å². The van der Waals surface area contributed by atoms with Crippen LogP contribution < -0.4 is 0 Å². The van der Waals surface area contributed by atoms with Crippen LogP contribution in [0.3, 0.4) is 0 Å². The van der Waals surface area contributed by atoms with E-state index in [1.807, 2.05) is 64.1 Å². The van der Waals surface area contributed by atoms with Crippen molar-refractivity contribution in [1.82, 2.24) is 0 Å². The Hall–Kier alpha value is -6.50. The van der Waals surface area contributed by atoms with Crippen LogP contribution in [0.25, 0.3) is 33.4 Å². The molecule has 0 N–H and O–H groups in total. The molecule has 12 rings (SSSR count). The van der Waals surface area contributed by atoms with E-state index in [4.69, 9.17) is 0 Å². The third kappa shape index (κ3) is 14.2. The molecule has 0 aliphatic heterocycles. The molecule has 0 saturated heterocycles. The van der Waals surface area contributed by atoms with Crippen LogP contribution in [0.4, 0.5) is 0 Å². The third-order valence-electron chi connectivity index (χ3n) is 15.1. The highest BCUT2D eigenvalue weighted by molar-refractivity contribution is 6.09. The van der Waals surface area contributed by atoms with E-state index < -0.39 is 0 Å². The summed E-state index contributed by atoms with van der Waals surface area (Å²) in [5, 5.41) is 0. The maximum absolute atomic E-state index is 2.39. The molecule has 0 unspecified atom stereocenters. The van der Waals surface area contributed by atoms with Gasteiger partial charge in [0.1, 0.15) is 0 Å². The Bertz CT molecular complexity index is 2970. The van der Waals surface area contributed by atoms with Gasteiger partial charge in [0, 0.05) is 21.7 Å². The van der Waals surface area contributed by atoms with E-state index >= 15 is 0 Å². The predicted molar refractivity (Wildman–Crippen MR) is 350 cm³/mol. The highest BCUT2D eigenvalue weighted by Crippen LogP contribution is 2.62. The first-order valence-corrected chi connectivity index (χ1v) is 29.5. The number of aryl methyl sites for hydroxylation is 6. The van der Waals surface area contributed by atoms with Gasteiger partial charge in [-0.3, -0.25) is 0 Å².